The van der Waals surface area contributed by atoms with Gasteiger partial charge in [0.2, 0.25) is 0 Å². The lowest BCUT2D eigenvalue weighted by atomic mass is 10.2. The van der Waals surface area contributed by atoms with Gasteiger partial charge >= 0.3 is 0 Å². The molecule has 0 aliphatic carbocycles. The molecule has 1 aliphatic heterocycles. The number of nitrogen functional groups attached to an aromatic ring is 1. The van der Waals surface area contributed by atoms with Crippen molar-refractivity contribution < 1.29 is 9.53 Å². The number of ether oxygens (including phenoxy) is 1. The van der Waals surface area contributed by atoms with Crippen LogP contribution in [0, 0.1) is 0 Å². The van der Waals surface area contributed by atoms with Crippen molar-refractivity contribution in [3.8, 4) is 0 Å². The van der Waals surface area contributed by atoms with Gasteiger partial charge in [0.05, 0.1) is 24.9 Å². The molecule has 1 fully saturated rings. The lowest BCUT2D eigenvalue weighted by Crippen LogP contribution is -2.42. The van der Waals surface area contributed by atoms with Gasteiger partial charge in [-0.2, -0.15) is 0 Å². The summed E-state index contributed by atoms with van der Waals surface area (Å²) in [5, 5.41) is 0. The van der Waals surface area contributed by atoms with Crippen molar-refractivity contribution in [2.45, 2.75) is 6.10 Å². The van der Waals surface area contributed by atoms with Crippen LogP contribution in [0.25, 0.3) is 0 Å². The lowest BCUT2D eigenvalue weighted by Gasteiger charge is -2.32. The van der Waals surface area contributed by atoms with E-state index in [1.54, 1.807) is 22.8 Å². The Morgan fingerprint density at radius 2 is 2.30 bits per heavy atom. The third kappa shape index (κ3) is 2.47. The van der Waals surface area contributed by atoms with Gasteiger partial charge in [-0.25, -0.2) is 4.98 Å². The largest absolute Gasteiger partial charge is 0.382 e. The van der Waals surface area contributed by atoms with Gasteiger partial charge in [-0.15, -0.1) is 11.3 Å². The molecule has 1 unspecified atom stereocenters. The van der Waals surface area contributed by atoms with Gasteiger partial charge in [0.1, 0.15) is 22.5 Å². The monoisotopic (exact) mass is 291 g/mol. The molecule has 0 radical (unpaired) electrons. The molecule has 2 aromatic heterocycles. The smallest absolute Gasteiger partial charge is 0.265 e. The second-order valence-electron chi connectivity index (χ2n) is 4.30. The summed E-state index contributed by atoms with van der Waals surface area (Å²) < 4.78 is 5.65. The molecule has 20 heavy (non-hydrogen) atoms. The van der Waals surface area contributed by atoms with Crippen molar-refractivity contribution in [1.82, 2.24) is 19.9 Å². The molecule has 1 amide bonds. The van der Waals surface area contributed by atoms with E-state index in [0.717, 1.165) is 0 Å². The van der Waals surface area contributed by atoms with Crippen LogP contribution in [0.5, 0.6) is 0 Å². The van der Waals surface area contributed by atoms with E-state index in [1.165, 1.54) is 17.5 Å². The third-order valence-corrected chi connectivity index (χ3v) is 3.82. The Hall–Kier alpha value is -2.06. The maximum Gasteiger partial charge on any atom is 0.265 e. The van der Waals surface area contributed by atoms with Gasteiger partial charge in [-0.1, -0.05) is 0 Å². The predicted molar refractivity (Wildman–Crippen MR) is 73.2 cm³/mol. The first kappa shape index (κ1) is 12.9. The second-order valence-corrected chi connectivity index (χ2v) is 5.19. The van der Waals surface area contributed by atoms with Crippen LogP contribution in [0.1, 0.15) is 21.5 Å². The SMILES string of the molecule is Nc1nccnc1C1CN(C(=O)c2cncs2)CCO1. The van der Waals surface area contributed by atoms with E-state index in [-0.39, 0.29) is 12.0 Å². The summed E-state index contributed by atoms with van der Waals surface area (Å²) in [5.74, 6) is 0.299. The second kappa shape index (κ2) is 5.51. The summed E-state index contributed by atoms with van der Waals surface area (Å²) >= 11 is 1.33. The van der Waals surface area contributed by atoms with Crippen LogP contribution in [-0.4, -0.2) is 45.5 Å². The Morgan fingerprint density at radius 1 is 1.45 bits per heavy atom. The summed E-state index contributed by atoms with van der Waals surface area (Å²) in [6.07, 6.45) is 4.34. The minimum atomic E-state index is -0.339. The Morgan fingerprint density at radius 3 is 3.05 bits per heavy atom. The Bertz CT molecular complexity index is 604. The first-order valence-electron chi connectivity index (χ1n) is 6.11. The van der Waals surface area contributed by atoms with Gasteiger partial charge in [0.25, 0.3) is 5.91 Å². The van der Waals surface area contributed by atoms with Gasteiger partial charge in [0.15, 0.2) is 0 Å². The van der Waals surface area contributed by atoms with E-state index < -0.39 is 0 Å². The minimum absolute atomic E-state index is 0.0386. The highest BCUT2D eigenvalue weighted by Gasteiger charge is 2.28. The minimum Gasteiger partial charge on any atom is -0.382 e. The Labute approximate surface area is 119 Å². The summed E-state index contributed by atoms with van der Waals surface area (Å²) in [5.41, 5.74) is 8.03. The maximum atomic E-state index is 12.3. The number of nitrogens with zero attached hydrogens (tertiary/aromatic N) is 4. The molecule has 0 bridgehead atoms. The molecule has 7 nitrogen and oxygen atoms in total. The molecule has 0 aromatic carbocycles. The zero-order valence-electron chi connectivity index (χ0n) is 10.6. The number of carbonyl (C=O) groups is 1. The number of hydrogen-bond acceptors (Lipinski definition) is 7. The van der Waals surface area contributed by atoms with Gasteiger partial charge in [0, 0.05) is 18.9 Å². The average molecular weight is 291 g/mol. The van der Waals surface area contributed by atoms with Crippen LogP contribution in [-0.2, 0) is 4.74 Å². The number of carbonyl (C=O) groups excluding carboxylic acids is 1. The number of hydrogen-bond donors (Lipinski definition) is 1. The Kier molecular flexibility index (Phi) is 3.57. The number of amides is 1. The van der Waals surface area contributed by atoms with E-state index >= 15 is 0 Å². The number of aromatic nitrogens is 3. The standard InChI is InChI=1S/C12H13N5O2S/c13-11-10(15-1-2-16-11)8-6-17(3-4-19-8)12(18)9-5-14-7-20-9/h1-2,5,7-8H,3-4,6H2,(H2,13,16). The fraction of sp³-hybridized carbons (Fsp3) is 0.333. The normalized spacial score (nSPS) is 19.0. The summed E-state index contributed by atoms with van der Waals surface area (Å²) in [6.45, 7) is 1.41. The van der Waals surface area contributed by atoms with Crippen LogP contribution in [0.3, 0.4) is 0 Å². The van der Waals surface area contributed by atoms with Crippen molar-refractivity contribution in [3.63, 3.8) is 0 Å². The van der Waals surface area contributed by atoms with Gasteiger partial charge in [-0.3, -0.25) is 14.8 Å². The van der Waals surface area contributed by atoms with Crippen LogP contribution in [0.15, 0.2) is 24.1 Å². The highest BCUT2D eigenvalue weighted by molar-refractivity contribution is 7.11. The van der Waals surface area contributed by atoms with Crippen molar-refractivity contribution in [3.05, 3.63) is 34.7 Å². The molecule has 8 heteroatoms. The zero-order valence-corrected chi connectivity index (χ0v) is 11.4. The molecule has 0 spiro atoms. The van der Waals surface area contributed by atoms with Crippen molar-refractivity contribution in [2.75, 3.05) is 25.4 Å². The van der Waals surface area contributed by atoms with E-state index in [2.05, 4.69) is 15.0 Å². The number of nitrogens with two attached hydrogens (primary N) is 1. The van der Waals surface area contributed by atoms with Crippen LogP contribution in [0.4, 0.5) is 5.82 Å². The summed E-state index contributed by atoms with van der Waals surface area (Å²) in [4.78, 5) is 26.8. The number of anilines is 1. The summed E-state index contributed by atoms with van der Waals surface area (Å²) in [7, 11) is 0. The molecule has 3 heterocycles. The highest BCUT2D eigenvalue weighted by atomic mass is 32.1. The van der Waals surface area contributed by atoms with E-state index in [0.29, 0.717) is 36.1 Å². The molecule has 0 saturated carbocycles. The molecule has 104 valence electrons. The van der Waals surface area contributed by atoms with Gasteiger partial charge in [-0.05, 0) is 0 Å². The van der Waals surface area contributed by atoms with E-state index in [9.17, 15) is 4.79 Å². The Balaban J connectivity index is 1.77. The predicted octanol–water partition coefficient (Wildman–Crippen LogP) is 0.729. The van der Waals surface area contributed by atoms with Crippen LogP contribution in [0.2, 0.25) is 0 Å². The third-order valence-electron chi connectivity index (χ3n) is 3.06. The number of thiazole rings is 1. The molecular formula is C12H13N5O2S. The van der Waals surface area contributed by atoms with Crippen LogP contribution < -0.4 is 5.73 Å². The maximum absolute atomic E-state index is 12.3. The number of rotatable bonds is 2. The first-order chi connectivity index (χ1) is 9.75. The fourth-order valence-corrected chi connectivity index (χ4v) is 2.67. The van der Waals surface area contributed by atoms with Gasteiger partial charge < -0.3 is 15.4 Å². The molecule has 1 aliphatic rings. The zero-order chi connectivity index (χ0) is 13.9. The molecule has 3 rings (SSSR count). The average Bonchev–Trinajstić information content (AvgIpc) is 3.01. The first-order valence-corrected chi connectivity index (χ1v) is 6.99. The molecular weight excluding hydrogens is 278 g/mol. The lowest BCUT2D eigenvalue weighted by molar-refractivity contribution is -0.0243. The molecule has 1 saturated heterocycles. The topological polar surface area (TPSA) is 94.2 Å². The van der Waals surface area contributed by atoms with Crippen molar-refractivity contribution in [1.29, 1.82) is 0 Å². The molecule has 2 N–H and O–H groups in total. The molecule has 2 aromatic rings. The van der Waals surface area contributed by atoms with Crippen molar-refractivity contribution in [2.24, 2.45) is 0 Å². The van der Waals surface area contributed by atoms with Crippen molar-refractivity contribution >= 4 is 23.1 Å². The van der Waals surface area contributed by atoms with E-state index in [1.807, 2.05) is 0 Å². The summed E-state index contributed by atoms with van der Waals surface area (Å²) in [6, 6.07) is 0. The highest BCUT2D eigenvalue weighted by Crippen LogP contribution is 2.24. The van der Waals surface area contributed by atoms with E-state index in [4.69, 9.17) is 10.5 Å². The molecule has 1 atom stereocenters. The van der Waals surface area contributed by atoms with Crippen LogP contribution >= 0.6 is 11.3 Å². The quantitative estimate of drug-likeness (QED) is 0.876. The fourth-order valence-electron chi connectivity index (χ4n) is 2.08. The number of morpholine rings is 1.